The van der Waals surface area contributed by atoms with Crippen molar-refractivity contribution in [3.05, 3.63) is 124 Å². The predicted molar refractivity (Wildman–Crippen MR) is 161 cm³/mol. The number of hydrogen-bond acceptors (Lipinski definition) is 4. The van der Waals surface area contributed by atoms with Crippen LogP contribution >= 0.6 is 23.1 Å². The van der Waals surface area contributed by atoms with Crippen molar-refractivity contribution in [3.63, 3.8) is 0 Å². The van der Waals surface area contributed by atoms with Crippen molar-refractivity contribution in [2.24, 2.45) is 11.8 Å². The van der Waals surface area contributed by atoms with E-state index in [1.54, 1.807) is 11.3 Å². The number of benzene rings is 3. The third-order valence-corrected chi connectivity index (χ3v) is 10.8. The van der Waals surface area contributed by atoms with Gasteiger partial charge in [-0.15, -0.1) is 11.3 Å². The lowest BCUT2D eigenvalue weighted by Gasteiger charge is -2.14. The van der Waals surface area contributed by atoms with E-state index in [4.69, 9.17) is 0 Å². The van der Waals surface area contributed by atoms with Crippen molar-refractivity contribution >= 4 is 62.4 Å². The molecule has 5 aromatic rings. The average molecular weight is 542 g/mol. The maximum absolute atomic E-state index is 12.9. The van der Waals surface area contributed by atoms with Crippen molar-refractivity contribution < 1.29 is 9.59 Å². The normalized spacial score (nSPS) is 21.7. The van der Waals surface area contributed by atoms with E-state index >= 15 is 0 Å². The van der Waals surface area contributed by atoms with Crippen LogP contribution in [-0.4, -0.2) is 16.1 Å². The second-order valence-corrected chi connectivity index (χ2v) is 12.6. The second kappa shape index (κ2) is 8.80. The molecule has 2 aliphatic carbocycles. The lowest BCUT2D eigenvalue weighted by Crippen LogP contribution is -2.14. The van der Waals surface area contributed by atoms with Gasteiger partial charge >= 0.3 is 0 Å². The fourth-order valence-electron chi connectivity index (χ4n) is 6.26. The van der Waals surface area contributed by atoms with Gasteiger partial charge in [-0.1, -0.05) is 90.7 Å². The number of carbonyl (C=O) groups is 2. The number of thioether (sulfide) groups is 1. The minimum absolute atomic E-state index is 0.0567. The van der Waals surface area contributed by atoms with Gasteiger partial charge in [-0.3, -0.25) is 9.59 Å². The summed E-state index contributed by atoms with van der Waals surface area (Å²) in [6.07, 6.45) is 10.2. The van der Waals surface area contributed by atoms with Crippen LogP contribution in [0.3, 0.4) is 0 Å². The molecule has 1 fully saturated rings. The van der Waals surface area contributed by atoms with Crippen molar-refractivity contribution in [1.82, 2.24) is 4.57 Å². The fraction of sp³-hybridized carbons (Fsp3) is 0.118. The van der Waals surface area contributed by atoms with Gasteiger partial charge in [-0.05, 0) is 47.7 Å². The van der Waals surface area contributed by atoms with Crippen LogP contribution in [0.5, 0.6) is 0 Å². The van der Waals surface area contributed by atoms with Crippen molar-refractivity contribution in [1.29, 1.82) is 0 Å². The minimum Gasteiger partial charge on any atom is -0.303 e. The summed E-state index contributed by atoms with van der Waals surface area (Å²) in [7, 11) is 0. The molecule has 3 heterocycles. The minimum atomic E-state index is -0.342. The molecule has 0 radical (unpaired) electrons. The SMILES string of the molecule is O=C1C(=Cc2ccc(C3Cc4c(n(-c5cccc6ccccc56)c5ccccc45)S3)s2)C(=O)C2C=CC=CC12. The van der Waals surface area contributed by atoms with Crippen LogP contribution in [0.25, 0.3) is 33.4 Å². The molecule has 3 atom stereocenters. The Bertz CT molecular complexity index is 1900. The Morgan fingerprint density at radius 2 is 1.49 bits per heavy atom. The third kappa shape index (κ3) is 3.50. The number of nitrogens with zero attached hydrogens (tertiary/aromatic N) is 1. The number of allylic oxidation sites excluding steroid dienone is 5. The van der Waals surface area contributed by atoms with Gasteiger partial charge in [0.2, 0.25) is 0 Å². The van der Waals surface area contributed by atoms with E-state index in [2.05, 4.69) is 83.4 Å². The number of hydrogen-bond donors (Lipinski definition) is 0. The summed E-state index contributed by atoms with van der Waals surface area (Å²) < 4.78 is 2.44. The summed E-state index contributed by atoms with van der Waals surface area (Å²) in [5, 5.41) is 5.38. The number of Topliss-reactive ketones (excluding diaryl/α,β-unsaturated/α-hetero) is 2. The molecule has 5 heteroatoms. The Kier molecular flexibility index (Phi) is 5.19. The zero-order chi connectivity index (χ0) is 26.1. The molecule has 188 valence electrons. The predicted octanol–water partition coefficient (Wildman–Crippen LogP) is 8.13. The summed E-state index contributed by atoms with van der Waals surface area (Å²) in [5.41, 5.74) is 4.18. The van der Waals surface area contributed by atoms with Crippen molar-refractivity contribution in [2.75, 3.05) is 0 Å². The van der Waals surface area contributed by atoms with Gasteiger partial charge < -0.3 is 4.57 Å². The molecule has 3 aromatic carbocycles. The van der Waals surface area contributed by atoms with Crippen LogP contribution in [-0.2, 0) is 16.0 Å². The van der Waals surface area contributed by atoms with E-state index in [1.807, 2.05) is 42.1 Å². The maximum atomic E-state index is 12.9. The van der Waals surface area contributed by atoms with E-state index in [-0.39, 0.29) is 23.4 Å². The number of carbonyl (C=O) groups excluding carboxylic acids is 2. The van der Waals surface area contributed by atoms with Crippen molar-refractivity contribution in [2.45, 2.75) is 16.7 Å². The second-order valence-electron chi connectivity index (χ2n) is 10.3. The molecule has 2 aromatic heterocycles. The lowest BCUT2D eigenvalue weighted by molar-refractivity contribution is -0.117. The molecule has 3 aliphatic rings. The topological polar surface area (TPSA) is 39.1 Å². The number of aromatic nitrogens is 1. The molecule has 0 saturated heterocycles. The summed E-state index contributed by atoms with van der Waals surface area (Å²) >= 11 is 3.61. The van der Waals surface area contributed by atoms with Gasteiger partial charge in [0.15, 0.2) is 11.6 Å². The summed E-state index contributed by atoms with van der Waals surface area (Å²) in [6, 6.07) is 28.0. The molecule has 3 nitrogen and oxygen atoms in total. The number of ketones is 2. The maximum Gasteiger partial charge on any atom is 0.174 e. The number of thiophene rings is 1. The number of rotatable bonds is 3. The zero-order valence-electron chi connectivity index (χ0n) is 20.9. The van der Waals surface area contributed by atoms with Crippen molar-refractivity contribution in [3.8, 4) is 5.69 Å². The lowest BCUT2D eigenvalue weighted by atomic mass is 9.91. The van der Waals surface area contributed by atoms with Crippen LogP contribution in [0.1, 0.15) is 20.6 Å². The smallest absolute Gasteiger partial charge is 0.174 e. The number of fused-ring (bicyclic) bond motifs is 5. The Labute approximate surface area is 234 Å². The molecule has 0 spiro atoms. The van der Waals surface area contributed by atoms with Crippen LogP contribution in [0.4, 0.5) is 0 Å². The van der Waals surface area contributed by atoms with Gasteiger partial charge in [0.1, 0.15) is 0 Å². The molecular weight excluding hydrogens is 519 g/mol. The first-order valence-corrected chi connectivity index (χ1v) is 14.9. The molecule has 1 saturated carbocycles. The van der Waals surface area contributed by atoms with Gasteiger partial charge in [-0.25, -0.2) is 0 Å². The van der Waals surface area contributed by atoms with Crippen LogP contribution in [0.2, 0.25) is 0 Å². The first kappa shape index (κ1) is 23.0. The highest BCUT2D eigenvalue weighted by molar-refractivity contribution is 8.00. The van der Waals surface area contributed by atoms with E-state index in [0.29, 0.717) is 10.8 Å². The van der Waals surface area contributed by atoms with Crippen LogP contribution in [0.15, 0.2) is 114 Å². The third-order valence-electron chi connectivity index (χ3n) is 8.11. The molecule has 0 N–H and O–H groups in total. The highest BCUT2D eigenvalue weighted by Crippen LogP contribution is 2.53. The standard InChI is InChI=1S/C34H23NO2S2/c36-32-24-12-3-4-13-25(24)33(37)27(32)18-21-16-17-30(38-21)31-19-26-23-11-5-6-14-29(23)35(34(26)39-31)28-15-7-9-20-8-1-2-10-22(20)28/h1-18,24-25,31H,19H2. The highest BCUT2D eigenvalue weighted by atomic mass is 32.2. The largest absolute Gasteiger partial charge is 0.303 e. The molecule has 0 amide bonds. The Balaban J connectivity index is 1.17. The highest BCUT2D eigenvalue weighted by Gasteiger charge is 2.43. The van der Waals surface area contributed by atoms with E-state index in [0.717, 1.165) is 11.3 Å². The molecule has 1 aliphatic heterocycles. The Hall–Kier alpha value is -3.93. The monoisotopic (exact) mass is 541 g/mol. The van der Waals surface area contributed by atoms with E-state index in [1.165, 1.54) is 42.8 Å². The molecule has 3 unspecified atom stereocenters. The van der Waals surface area contributed by atoms with Crippen LogP contribution in [0, 0.1) is 11.8 Å². The zero-order valence-corrected chi connectivity index (χ0v) is 22.5. The summed E-state index contributed by atoms with van der Waals surface area (Å²) in [6.45, 7) is 0. The first-order chi connectivity index (χ1) is 19.2. The molecule has 39 heavy (non-hydrogen) atoms. The molecule has 0 bridgehead atoms. The van der Waals surface area contributed by atoms with Gasteiger partial charge in [0.25, 0.3) is 0 Å². The summed E-state index contributed by atoms with van der Waals surface area (Å²) in [4.78, 5) is 28.1. The Morgan fingerprint density at radius 1 is 0.769 bits per heavy atom. The van der Waals surface area contributed by atoms with Gasteiger partial charge in [-0.2, -0.15) is 0 Å². The van der Waals surface area contributed by atoms with E-state index < -0.39 is 0 Å². The van der Waals surface area contributed by atoms with Crippen LogP contribution < -0.4 is 0 Å². The summed E-state index contributed by atoms with van der Waals surface area (Å²) in [5.74, 6) is -0.797. The molecular formula is C34H23NO2S2. The Morgan fingerprint density at radius 3 is 2.31 bits per heavy atom. The van der Waals surface area contributed by atoms with E-state index in [9.17, 15) is 9.59 Å². The average Bonchev–Trinajstić information content (AvgIpc) is 3.73. The first-order valence-electron chi connectivity index (χ1n) is 13.2. The fourth-order valence-corrected chi connectivity index (χ4v) is 8.84. The van der Waals surface area contributed by atoms with Gasteiger partial charge in [0.05, 0.1) is 33.6 Å². The molecule has 8 rings (SSSR count). The number of para-hydroxylation sites is 1. The van der Waals surface area contributed by atoms with Gasteiger partial charge in [0, 0.05) is 25.8 Å². The quantitative estimate of drug-likeness (QED) is 0.171.